The SMILES string of the molecule is Cc1ccc(C(N)CCN2CCCC2)cc1C. The van der Waals surface area contributed by atoms with Gasteiger partial charge in [0.15, 0.2) is 0 Å². The zero-order chi connectivity index (χ0) is 12.3. The molecular weight excluding hydrogens is 208 g/mol. The van der Waals surface area contributed by atoms with Crippen LogP contribution in [0.2, 0.25) is 0 Å². The highest BCUT2D eigenvalue weighted by molar-refractivity contribution is 5.31. The van der Waals surface area contributed by atoms with Crippen molar-refractivity contribution in [2.24, 2.45) is 5.73 Å². The summed E-state index contributed by atoms with van der Waals surface area (Å²) < 4.78 is 0. The third-order valence-corrected chi connectivity index (χ3v) is 3.91. The number of benzene rings is 1. The summed E-state index contributed by atoms with van der Waals surface area (Å²) in [5.74, 6) is 0. The molecule has 2 N–H and O–H groups in total. The van der Waals surface area contributed by atoms with Gasteiger partial charge in [0, 0.05) is 6.04 Å². The maximum absolute atomic E-state index is 6.27. The van der Waals surface area contributed by atoms with Crippen LogP contribution in [0.1, 0.15) is 42.0 Å². The molecule has 17 heavy (non-hydrogen) atoms. The first-order valence-electron chi connectivity index (χ1n) is 6.72. The highest BCUT2D eigenvalue weighted by Crippen LogP contribution is 2.19. The van der Waals surface area contributed by atoms with Crippen LogP contribution in [0.15, 0.2) is 18.2 Å². The highest BCUT2D eigenvalue weighted by atomic mass is 15.1. The van der Waals surface area contributed by atoms with E-state index in [1.165, 1.54) is 42.6 Å². The van der Waals surface area contributed by atoms with Crippen molar-refractivity contribution in [3.63, 3.8) is 0 Å². The molecule has 0 radical (unpaired) electrons. The number of hydrogen-bond donors (Lipinski definition) is 1. The first kappa shape index (κ1) is 12.6. The van der Waals surface area contributed by atoms with E-state index < -0.39 is 0 Å². The van der Waals surface area contributed by atoms with Crippen LogP contribution in [0.5, 0.6) is 0 Å². The van der Waals surface area contributed by atoms with Gasteiger partial charge in [-0.3, -0.25) is 0 Å². The van der Waals surface area contributed by atoms with Gasteiger partial charge in [0.2, 0.25) is 0 Å². The number of likely N-dealkylation sites (tertiary alicyclic amines) is 1. The third kappa shape index (κ3) is 3.30. The quantitative estimate of drug-likeness (QED) is 0.865. The number of rotatable bonds is 4. The Kier molecular flexibility index (Phi) is 4.19. The molecular formula is C15H24N2. The van der Waals surface area contributed by atoms with E-state index in [1.54, 1.807) is 0 Å². The molecule has 1 atom stereocenters. The van der Waals surface area contributed by atoms with Crippen molar-refractivity contribution >= 4 is 0 Å². The number of aryl methyl sites for hydroxylation is 2. The van der Waals surface area contributed by atoms with Gasteiger partial charge < -0.3 is 10.6 Å². The van der Waals surface area contributed by atoms with Gasteiger partial charge in [-0.2, -0.15) is 0 Å². The molecule has 1 aliphatic rings. The van der Waals surface area contributed by atoms with Crippen molar-refractivity contribution in [2.75, 3.05) is 19.6 Å². The highest BCUT2D eigenvalue weighted by Gasteiger charge is 2.13. The zero-order valence-electron chi connectivity index (χ0n) is 11.1. The minimum absolute atomic E-state index is 0.190. The summed E-state index contributed by atoms with van der Waals surface area (Å²) in [7, 11) is 0. The van der Waals surface area contributed by atoms with Crippen LogP contribution < -0.4 is 5.73 Å². The van der Waals surface area contributed by atoms with Gasteiger partial charge in [-0.05, 0) is 69.4 Å². The normalized spacial score (nSPS) is 18.5. The second kappa shape index (κ2) is 5.65. The second-order valence-electron chi connectivity index (χ2n) is 5.29. The number of hydrogen-bond acceptors (Lipinski definition) is 2. The van der Waals surface area contributed by atoms with E-state index in [9.17, 15) is 0 Å². The molecule has 1 aliphatic heterocycles. The summed E-state index contributed by atoms with van der Waals surface area (Å²) in [5, 5.41) is 0. The summed E-state index contributed by atoms with van der Waals surface area (Å²) in [6.45, 7) is 7.98. The van der Waals surface area contributed by atoms with Crippen LogP contribution in [0.25, 0.3) is 0 Å². The average Bonchev–Trinajstić information content (AvgIpc) is 2.82. The van der Waals surface area contributed by atoms with Gasteiger partial charge in [-0.1, -0.05) is 18.2 Å². The Hall–Kier alpha value is -0.860. The minimum Gasteiger partial charge on any atom is -0.324 e. The molecule has 1 aromatic carbocycles. The van der Waals surface area contributed by atoms with Crippen LogP contribution in [-0.2, 0) is 0 Å². The fraction of sp³-hybridized carbons (Fsp3) is 0.600. The van der Waals surface area contributed by atoms with Crippen molar-refractivity contribution in [1.82, 2.24) is 4.90 Å². The molecule has 0 amide bonds. The number of nitrogens with two attached hydrogens (primary N) is 1. The smallest absolute Gasteiger partial charge is 0.0307 e. The molecule has 94 valence electrons. The molecule has 2 rings (SSSR count). The lowest BCUT2D eigenvalue weighted by Gasteiger charge is -2.19. The standard InChI is InChI=1S/C15H24N2/c1-12-5-6-14(11-13(12)2)15(16)7-10-17-8-3-4-9-17/h5-6,11,15H,3-4,7-10,16H2,1-2H3. The molecule has 1 aromatic rings. The fourth-order valence-electron chi connectivity index (χ4n) is 2.49. The maximum Gasteiger partial charge on any atom is 0.0307 e. The van der Waals surface area contributed by atoms with E-state index in [1.807, 2.05) is 0 Å². The third-order valence-electron chi connectivity index (χ3n) is 3.91. The summed E-state index contributed by atoms with van der Waals surface area (Å²) in [4.78, 5) is 2.53. The van der Waals surface area contributed by atoms with E-state index in [0.29, 0.717) is 0 Å². The molecule has 1 unspecified atom stereocenters. The van der Waals surface area contributed by atoms with E-state index >= 15 is 0 Å². The topological polar surface area (TPSA) is 29.3 Å². The van der Waals surface area contributed by atoms with Crippen LogP contribution in [0.4, 0.5) is 0 Å². The van der Waals surface area contributed by atoms with Gasteiger partial charge in [0.05, 0.1) is 0 Å². The monoisotopic (exact) mass is 232 g/mol. The second-order valence-corrected chi connectivity index (χ2v) is 5.29. The predicted molar refractivity (Wildman–Crippen MR) is 73.1 cm³/mol. The average molecular weight is 232 g/mol. The summed E-state index contributed by atoms with van der Waals surface area (Å²) in [6.07, 6.45) is 3.79. The molecule has 0 bridgehead atoms. The van der Waals surface area contributed by atoms with Gasteiger partial charge >= 0.3 is 0 Å². The van der Waals surface area contributed by atoms with Crippen molar-refractivity contribution < 1.29 is 0 Å². The molecule has 0 aromatic heterocycles. The van der Waals surface area contributed by atoms with Crippen molar-refractivity contribution in [3.8, 4) is 0 Å². The first-order valence-corrected chi connectivity index (χ1v) is 6.72. The Bertz CT molecular complexity index is 367. The van der Waals surface area contributed by atoms with Crippen molar-refractivity contribution in [1.29, 1.82) is 0 Å². The predicted octanol–water partition coefficient (Wildman–Crippen LogP) is 2.79. The van der Waals surface area contributed by atoms with Crippen molar-refractivity contribution in [3.05, 3.63) is 34.9 Å². The Labute approximate surface area is 105 Å². The molecule has 1 saturated heterocycles. The van der Waals surface area contributed by atoms with E-state index in [2.05, 4.69) is 36.9 Å². The Morgan fingerprint density at radius 1 is 1.18 bits per heavy atom. The maximum atomic E-state index is 6.27. The largest absolute Gasteiger partial charge is 0.324 e. The van der Waals surface area contributed by atoms with E-state index in [4.69, 9.17) is 5.73 Å². The van der Waals surface area contributed by atoms with Gasteiger partial charge in [-0.25, -0.2) is 0 Å². The Morgan fingerprint density at radius 3 is 2.53 bits per heavy atom. The minimum atomic E-state index is 0.190. The lowest BCUT2D eigenvalue weighted by atomic mass is 9.99. The van der Waals surface area contributed by atoms with Crippen LogP contribution in [-0.4, -0.2) is 24.5 Å². The molecule has 2 heteroatoms. The Balaban J connectivity index is 1.89. The summed E-state index contributed by atoms with van der Waals surface area (Å²) in [6, 6.07) is 6.79. The van der Waals surface area contributed by atoms with Crippen LogP contribution in [0, 0.1) is 13.8 Å². The first-order chi connectivity index (χ1) is 8.16. The molecule has 1 fully saturated rings. The van der Waals surface area contributed by atoms with Gasteiger partial charge in [0.25, 0.3) is 0 Å². The van der Waals surface area contributed by atoms with Crippen LogP contribution >= 0.6 is 0 Å². The molecule has 0 aliphatic carbocycles. The molecule has 2 nitrogen and oxygen atoms in total. The molecule has 1 heterocycles. The molecule has 0 spiro atoms. The fourth-order valence-corrected chi connectivity index (χ4v) is 2.49. The van der Waals surface area contributed by atoms with E-state index in [0.717, 1.165) is 13.0 Å². The van der Waals surface area contributed by atoms with Gasteiger partial charge in [-0.15, -0.1) is 0 Å². The summed E-state index contributed by atoms with van der Waals surface area (Å²) in [5.41, 5.74) is 10.2. The van der Waals surface area contributed by atoms with E-state index in [-0.39, 0.29) is 6.04 Å². The van der Waals surface area contributed by atoms with Crippen LogP contribution in [0.3, 0.4) is 0 Å². The van der Waals surface area contributed by atoms with Gasteiger partial charge in [0.1, 0.15) is 0 Å². The van der Waals surface area contributed by atoms with Crippen molar-refractivity contribution in [2.45, 2.75) is 39.2 Å². The lowest BCUT2D eigenvalue weighted by Crippen LogP contribution is -2.24. The zero-order valence-corrected chi connectivity index (χ0v) is 11.1. The number of nitrogens with zero attached hydrogens (tertiary/aromatic N) is 1. The Morgan fingerprint density at radius 2 is 1.88 bits per heavy atom. The lowest BCUT2D eigenvalue weighted by molar-refractivity contribution is 0.322. The summed E-state index contributed by atoms with van der Waals surface area (Å²) >= 11 is 0. The molecule has 0 saturated carbocycles.